The number of benzene rings is 1. The number of carbonyl (C=O) groups excluding carboxylic acids is 1. The second-order valence-corrected chi connectivity index (χ2v) is 14.5. The van der Waals surface area contributed by atoms with Crippen LogP contribution >= 0.6 is 0 Å². The number of fused-ring (bicyclic) bond motifs is 1. The van der Waals surface area contributed by atoms with E-state index in [0.717, 1.165) is 30.1 Å². The van der Waals surface area contributed by atoms with Gasteiger partial charge in [-0.05, 0) is 56.9 Å². The molecule has 1 aliphatic carbocycles. The first-order valence-electron chi connectivity index (χ1n) is 8.83. The van der Waals surface area contributed by atoms with Crippen LogP contribution in [0.2, 0.25) is 19.6 Å². The summed E-state index contributed by atoms with van der Waals surface area (Å²) in [5, 5.41) is 12.7. The quantitative estimate of drug-likeness (QED) is 0.794. The van der Waals surface area contributed by atoms with Crippen molar-refractivity contribution in [2.75, 3.05) is 6.17 Å². The van der Waals surface area contributed by atoms with Crippen LogP contribution in [0.15, 0.2) is 18.2 Å². The Hall–Kier alpha value is -1.82. The minimum atomic E-state index is -1.34. The molecule has 0 heterocycles. The first-order valence-corrected chi connectivity index (χ1v) is 12.5. The SMILES string of the molecule is CC(C)(C)N(C(=O)O)C1CCc2cc(C(=O)NC[Si](C)(C)C)ccc21. The number of carboxylic acid groups (broad SMARTS) is 1. The first-order chi connectivity index (χ1) is 11.4. The largest absolute Gasteiger partial charge is 0.465 e. The summed E-state index contributed by atoms with van der Waals surface area (Å²) >= 11 is 0. The van der Waals surface area contributed by atoms with Crippen LogP contribution in [0.25, 0.3) is 0 Å². The molecule has 0 aliphatic heterocycles. The van der Waals surface area contributed by atoms with Crippen LogP contribution < -0.4 is 5.32 Å². The van der Waals surface area contributed by atoms with Crippen LogP contribution in [0.5, 0.6) is 0 Å². The first kappa shape index (κ1) is 19.5. The molecule has 25 heavy (non-hydrogen) atoms. The van der Waals surface area contributed by atoms with Crippen molar-refractivity contribution in [1.82, 2.24) is 10.2 Å². The Morgan fingerprint density at radius 1 is 1.28 bits per heavy atom. The number of hydrogen-bond donors (Lipinski definition) is 2. The summed E-state index contributed by atoms with van der Waals surface area (Å²) < 4.78 is 0. The van der Waals surface area contributed by atoms with Gasteiger partial charge >= 0.3 is 6.09 Å². The number of hydrogen-bond acceptors (Lipinski definition) is 2. The van der Waals surface area contributed by atoms with Crippen molar-refractivity contribution in [3.63, 3.8) is 0 Å². The van der Waals surface area contributed by atoms with Crippen LogP contribution in [-0.4, -0.2) is 41.8 Å². The van der Waals surface area contributed by atoms with Gasteiger partial charge in [0.15, 0.2) is 0 Å². The molecule has 2 rings (SSSR count). The number of nitrogens with one attached hydrogen (secondary N) is 1. The van der Waals surface area contributed by atoms with Gasteiger partial charge in [-0.1, -0.05) is 25.7 Å². The minimum Gasteiger partial charge on any atom is -0.465 e. The molecule has 1 aromatic rings. The van der Waals surface area contributed by atoms with Crippen LogP contribution in [-0.2, 0) is 6.42 Å². The van der Waals surface area contributed by atoms with E-state index in [1.165, 1.54) is 4.90 Å². The maximum absolute atomic E-state index is 12.4. The normalized spacial score (nSPS) is 17.1. The highest BCUT2D eigenvalue weighted by molar-refractivity contribution is 6.76. The van der Waals surface area contributed by atoms with E-state index < -0.39 is 19.7 Å². The third-order valence-electron chi connectivity index (χ3n) is 4.47. The van der Waals surface area contributed by atoms with Crippen molar-refractivity contribution < 1.29 is 14.7 Å². The third kappa shape index (κ3) is 4.63. The van der Waals surface area contributed by atoms with Gasteiger partial charge in [-0.2, -0.15) is 0 Å². The summed E-state index contributed by atoms with van der Waals surface area (Å²) in [6.07, 6.45) is 1.42. The van der Waals surface area contributed by atoms with Crippen LogP contribution in [0.4, 0.5) is 4.79 Å². The molecule has 6 heteroatoms. The summed E-state index contributed by atoms with van der Waals surface area (Å²) in [6.45, 7) is 12.4. The molecule has 0 saturated carbocycles. The van der Waals surface area contributed by atoms with E-state index in [1.807, 2.05) is 39.0 Å². The molecular formula is C19H30N2O3Si. The predicted octanol–water partition coefficient (Wildman–Crippen LogP) is 4.06. The van der Waals surface area contributed by atoms with Crippen molar-refractivity contribution >= 4 is 20.1 Å². The molecule has 0 aromatic heterocycles. The summed E-state index contributed by atoms with van der Waals surface area (Å²) in [5.41, 5.74) is 2.31. The van der Waals surface area contributed by atoms with Gasteiger partial charge in [-0.15, -0.1) is 0 Å². The molecule has 138 valence electrons. The van der Waals surface area contributed by atoms with Gasteiger partial charge in [0.25, 0.3) is 5.91 Å². The molecule has 0 radical (unpaired) electrons. The van der Waals surface area contributed by atoms with Gasteiger partial charge in [0.05, 0.1) is 14.1 Å². The monoisotopic (exact) mass is 362 g/mol. The van der Waals surface area contributed by atoms with Gasteiger partial charge < -0.3 is 10.4 Å². The maximum Gasteiger partial charge on any atom is 0.408 e. The highest BCUT2D eigenvalue weighted by Crippen LogP contribution is 2.39. The molecular weight excluding hydrogens is 332 g/mol. The second kappa shape index (κ2) is 6.82. The zero-order valence-corrected chi connectivity index (χ0v) is 17.1. The van der Waals surface area contributed by atoms with Gasteiger partial charge in [-0.25, -0.2) is 4.79 Å². The van der Waals surface area contributed by atoms with Gasteiger partial charge in [-0.3, -0.25) is 9.69 Å². The Morgan fingerprint density at radius 2 is 1.92 bits per heavy atom. The van der Waals surface area contributed by atoms with Gasteiger partial charge in [0.1, 0.15) is 0 Å². The molecule has 2 N–H and O–H groups in total. The van der Waals surface area contributed by atoms with E-state index in [-0.39, 0.29) is 11.9 Å². The van der Waals surface area contributed by atoms with E-state index in [2.05, 4.69) is 25.0 Å². The minimum absolute atomic E-state index is 0.0420. The van der Waals surface area contributed by atoms with Gasteiger partial charge in [0, 0.05) is 17.3 Å². The average molecular weight is 363 g/mol. The average Bonchev–Trinajstić information content (AvgIpc) is 2.85. The van der Waals surface area contributed by atoms with Crippen LogP contribution in [0.1, 0.15) is 54.7 Å². The fraction of sp³-hybridized carbons (Fsp3) is 0.579. The molecule has 1 unspecified atom stereocenters. The van der Waals surface area contributed by atoms with Crippen LogP contribution in [0.3, 0.4) is 0 Å². The van der Waals surface area contributed by atoms with Crippen molar-refractivity contribution in [3.8, 4) is 0 Å². The zero-order valence-electron chi connectivity index (χ0n) is 16.1. The standard InChI is InChI=1S/C19H30N2O3Si/c1-19(2,3)21(18(23)24)16-10-8-13-11-14(7-9-15(13)16)17(22)20-12-25(4,5)6/h7,9,11,16H,8,10,12H2,1-6H3,(H,20,22)(H,23,24). The molecule has 2 amide bonds. The van der Waals surface area contributed by atoms with E-state index in [1.54, 1.807) is 0 Å². The van der Waals surface area contributed by atoms with E-state index in [4.69, 9.17) is 0 Å². The number of rotatable bonds is 4. The Bertz CT molecular complexity index is 674. The number of carbonyl (C=O) groups is 2. The zero-order chi connectivity index (χ0) is 19.0. The lowest BCUT2D eigenvalue weighted by Crippen LogP contribution is -2.46. The topological polar surface area (TPSA) is 69.6 Å². The predicted molar refractivity (Wildman–Crippen MR) is 103 cm³/mol. The lowest BCUT2D eigenvalue weighted by Gasteiger charge is -2.38. The van der Waals surface area contributed by atoms with Crippen molar-refractivity contribution in [2.24, 2.45) is 0 Å². The summed E-state index contributed by atoms with van der Waals surface area (Å²) in [5.74, 6) is -0.0420. The Balaban J connectivity index is 2.23. The summed E-state index contributed by atoms with van der Waals surface area (Å²) in [7, 11) is -1.34. The molecule has 0 bridgehead atoms. The number of amides is 2. The van der Waals surface area contributed by atoms with E-state index in [0.29, 0.717) is 5.56 Å². The maximum atomic E-state index is 12.4. The lowest BCUT2D eigenvalue weighted by molar-refractivity contribution is 0.0700. The molecule has 0 spiro atoms. The molecule has 1 aliphatic rings. The van der Waals surface area contributed by atoms with Crippen molar-refractivity contribution in [1.29, 1.82) is 0 Å². The highest BCUT2D eigenvalue weighted by atomic mass is 28.3. The molecule has 1 atom stereocenters. The van der Waals surface area contributed by atoms with Gasteiger partial charge in [0.2, 0.25) is 0 Å². The molecule has 0 saturated heterocycles. The Morgan fingerprint density at radius 3 is 2.44 bits per heavy atom. The highest BCUT2D eigenvalue weighted by Gasteiger charge is 2.37. The van der Waals surface area contributed by atoms with Crippen LogP contribution in [0, 0.1) is 0 Å². The summed E-state index contributed by atoms with van der Waals surface area (Å²) in [4.78, 5) is 25.7. The molecule has 1 aromatic carbocycles. The van der Waals surface area contributed by atoms with Crippen molar-refractivity contribution in [2.45, 2.75) is 64.8 Å². The van der Waals surface area contributed by atoms with E-state index >= 15 is 0 Å². The Kier molecular flexibility index (Phi) is 5.32. The lowest BCUT2D eigenvalue weighted by atomic mass is 9.98. The molecule has 5 nitrogen and oxygen atoms in total. The number of nitrogens with zero attached hydrogens (tertiary/aromatic N) is 1. The Labute approximate surface area is 151 Å². The number of aryl methyl sites for hydroxylation is 1. The fourth-order valence-electron chi connectivity index (χ4n) is 3.34. The fourth-order valence-corrected chi connectivity index (χ4v) is 4.03. The third-order valence-corrected chi connectivity index (χ3v) is 5.71. The van der Waals surface area contributed by atoms with Crippen molar-refractivity contribution in [3.05, 3.63) is 34.9 Å². The van der Waals surface area contributed by atoms with E-state index in [9.17, 15) is 14.7 Å². The summed E-state index contributed by atoms with van der Waals surface area (Å²) in [6, 6.07) is 5.53. The smallest absolute Gasteiger partial charge is 0.408 e. The molecule has 0 fully saturated rings. The second-order valence-electron chi connectivity index (χ2n) is 9.03.